The van der Waals surface area contributed by atoms with Gasteiger partial charge < -0.3 is 15.7 Å². The van der Waals surface area contributed by atoms with Crippen LogP contribution < -0.4 is 10.5 Å². The Kier molecular flexibility index (Phi) is 3.07. The number of fused-ring (bicyclic) bond motifs is 2. The van der Waals surface area contributed by atoms with Crippen molar-refractivity contribution in [2.24, 2.45) is 27.6 Å². The molecule has 0 aromatic carbocycles. The summed E-state index contributed by atoms with van der Waals surface area (Å²) in [5, 5.41) is 19.8. The van der Waals surface area contributed by atoms with Crippen molar-refractivity contribution < 1.29 is 9.94 Å². The molecule has 2 bridgehead atoms. The molecule has 1 aromatic heterocycles. The van der Waals surface area contributed by atoms with Gasteiger partial charge in [-0.05, 0) is 36.7 Å². The van der Waals surface area contributed by atoms with Crippen molar-refractivity contribution in [3.63, 3.8) is 0 Å². The van der Waals surface area contributed by atoms with Gasteiger partial charge in [-0.3, -0.25) is 0 Å². The fourth-order valence-corrected chi connectivity index (χ4v) is 4.10. The van der Waals surface area contributed by atoms with E-state index in [0.29, 0.717) is 17.4 Å². The number of aromatic nitrogens is 2. The molecule has 3 N–H and O–H groups in total. The van der Waals surface area contributed by atoms with E-state index in [1.807, 2.05) is 0 Å². The van der Waals surface area contributed by atoms with E-state index in [1.165, 1.54) is 12.6 Å². The zero-order valence-corrected chi connectivity index (χ0v) is 12.7. The van der Waals surface area contributed by atoms with Crippen molar-refractivity contribution in [1.29, 1.82) is 0 Å². The number of hydrogen-bond acceptors (Lipinski definition) is 5. The quantitative estimate of drug-likeness (QED) is 0.385. The first-order valence-electron chi connectivity index (χ1n) is 7.36. The van der Waals surface area contributed by atoms with Crippen LogP contribution >= 0.6 is 0 Å². The Labute approximate surface area is 124 Å². The highest BCUT2D eigenvalue weighted by Crippen LogP contribution is 2.66. The van der Waals surface area contributed by atoms with Crippen LogP contribution in [-0.2, 0) is 0 Å². The van der Waals surface area contributed by atoms with E-state index in [-0.39, 0.29) is 22.8 Å². The van der Waals surface area contributed by atoms with Gasteiger partial charge in [0, 0.05) is 5.41 Å². The minimum absolute atomic E-state index is 0.00697. The number of ether oxygens (including phenoxy) is 1. The Bertz CT molecular complexity index is 587. The van der Waals surface area contributed by atoms with Crippen LogP contribution in [0.5, 0.6) is 5.88 Å². The Morgan fingerprint density at radius 3 is 2.81 bits per heavy atom. The monoisotopic (exact) mass is 290 g/mol. The predicted molar refractivity (Wildman–Crippen MR) is 78.2 cm³/mol. The first kappa shape index (κ1) is 14.1. The molecule has 0 saturated heterocycles. The summed E-state index contributed by atoms with van der Waals surface area (Å²) in [5.41, 5.74) is 6.55. The van der Waals surface area contributed by atoms with Crippen LogP contribution in [-0.4, -0.2) is 27.3 Å². The van der Waals surface area contributed by atoms with Gasteiger partial charge in [0.25, 0.3) is 0 Å². The predicted octanol–water partition coefficient (Wildman–Crippen LogP) is 2.16. The van der Waals surface area contributed by atoms with Crippen LogP contribution in [0.2, 0.25) is 0 Å². The molecule has 2 aliphatic rings. The summed E-state index contributed by atoms with van der Waals surface area (Å²) in [4.78, 5) is 0. The first-order valence-corrected chi connectivity index (χ1v) is 7.36. The van der Waals surface area contributed by atoms with Gasteiger partial charge in [0.1, 0.15) is 6.10 Å². The van der Waals surface area contributed by atoms with E-state index < -0.39 is 0 Å². The second-order valence-electron chi connectivity index (χ2n) is 6.95. The molecule has 1 heterocycles. The third-order valence-corrected chi connectivity index (χ3v) is 6.04. The van der Waals surface area contributed by atoms with Gasteiger partial charge in [-0.2, -0.15) is 5.10 Å². The number of hydrogen-bond donors (Lipinski definition) is 2. The van der Waals surface area contributed by atoms with Gasteiger partial charge in [-0.1, -0.05) is 25.9 Å². The van der Waals surface area contributed by atoms with Crippen LogP contribution in [0, 0.1) is 16.7 Å². The van der Waals surface area contributed by atoms with Crippen molar-refractivity contribution in [2.75, 3.05) is 0 Å². The topological polar surface area (TPSA) is 93.6 Å². The highest BCUT2D eigenvalue weighted by molar-refractivity contribution is 5.98. The van der Waals surface area contributed by atoms with E-state index in [9.17, 15) is 0 Å². The molecular formula is C15H22N4O2. The highest BCUT2D eigenvalue weighted by atomic mass is 16.5. The third kappa shape index (κ3) is 1.88. The lowest BCUT2D eigenvalue weighted by Gasteiger charge is -2.38. The normalized spacial score (nSPS) is 34.1. The van der Waals surface area contributed by atoms with Crippen LogP contribution in [0.3, 0.4) is 0 Å². The van der Waals surface area contributed by atoms with Crippen LogP contribution in [0.4, 0.5) is 0 Å². The van der Waals surface area contributed by atoms with Crippen molar-refractivity contribution in [1.82, 2.24) is 10.2 Å². The molecular weight excluding hydrogens is 268 g/mol. The van der Waals surface area contributed by atoms with E-state index >= 15 is 0 Å². The smallest absolute Gasteiger partial charge is 0.244 e. The van der Waals surface area contributed by atoms with E-state index in [1.54, 1.807) is 6.07 Å². The Morgan fingerprint density at radius 2 is 2.24 bits per heavy atom. The molecule has 2 fully saturated rings. The maximum atomic E-state index is 8.87. The minimum atomic E-state index is -0.00697. The third-order valence-electron chi connectivity index (χ3n) is 6.04. The average molecular weight is 290 g/mol. The summed E-state index contributed by atoms with van der Waals surface area (Å²) in [5.74, 6) is 1.02. The van der Waals surface area contributed by atoms with Crippen LogP contribution in [0.1, 0.15) is 45.6 Å². The maximum absolute atomic E-state index is 8.87. The molecule has 0 amide bonds. The molecule has 114 valence electrons. The van der Waals surface area contributed by atoms with Crippen molar-refractivity contribution in [3.05, 3.63) is 17.8 Å². The second-order valence-corrected chi connectivity index (χ2v) is 6.95. The number of nitrogens with zero attached hydrogens (tertiary/aromatic N) is 3. The summed E-state index contributed by atoms with van der Waals surface area (Å²) < 4.78 is 6.16. The summed E-state index contributed by atoms with van der Waals surface area (Å²) in [6, 6.07) is 1.65. The molecule has 6 heteroatoms. The number of amidine groups is 1. The van der Waals surface area contributed by atoms with Crippen molar-refractivity contribution in [2.45, 2.75) is 46.1 Å². The lowest BCUT2D eigenvalue weighted by molar-refractivity contribution is 0.0265. The number of nitrogens with two attached hydrogens (primary N) is 1. The summed E-state index contributed by atoms with van der Waals surface area (Å²) in [6.45, 7) is 6.95. The molecule has 2 aliphatic carbocycles. The molecule has 3 unspecified atom stereocenters. The molecule has 1 aromatic rings. The lowest BCUT2D eigenvalue weighted by Crippen LogP contribution is -2.39. The molecule has 2 saturated carbocycles. The molecule has 3 rings (SSSR count). The molecule has 0 aliphatic heterocycles. The van der Waals surface area contributed by atoms with Gasteiger partial charge in [0.15, 0.2) is 5.84 Å². The highest BCUT2D eigenvalue weighted by Gasteiger charge is 2.62. The van der Waals surface area contributed by atoms with Gasteiger partial charge in [-0.25, -0.2) is 0 Å². The molecule has 0 spiro atoms. The van der Waals surface area contributed by atoms with Crippen molar-refractivity contribution >= 4 is 5.84 Å². The molecule has 3 atom stereocenters. The van der Waals surface area contributed by atoms with Crippen molar-refractivity contribution in [3.8, 4) is 5.88 Å². The molecule has 21 heavy (non-hydrogen) atoms. The Balaban J connectivity index is 1.90. The standard InChI is InChI=1S/C15H22N4O2/c1-14(2)9-4-6-15(14,3)11(8-9)21-13-10(12(16)19-20)5-7-17-18-13/h5,7,9,11,20H,4,6,8H2,1-3H3,(H2,16,19). The van der Waals surface area contributed by atoms with Crippen LogP contribution in [0.25, 0.3) is 0 Å². The first-order chi connectivity index (χ1) is 9.90. The molecule has 0 radical (unpaired) electrons. The lowest BCUT2D eigenvalue weighted by atomic mass is 9.70. The Morgan fingerprint density at radius 1 is 1.48 bits per heavy atom. The fraction of sp³-hybridized carbons (Fsp3) is 0.667. The SMILES string of the molecule is CC1(C)C2CCC1(C)C(Oc1nnccc1/C(N)=N/O)C2. The van der Waals surface area contributed by atoms with E-state index in [4.69, 9.17) is 15.7 Å². The minimum Gasteiger partial charge on any atom is -0.472 e. The van der Waals surface area contributed by atoms with E-state index in [0.717, 1.165) is 12.8 Å². The zero-order valence-electron chi connectivity index (χ0n) is 12.7. The zero-order chi connectivity index (χ0) is 15.3. The van der Waals surface area contributed by atoms with Gasteiger partial charge in [-0.15, -0.1) is 5.10 Å². The van der Waals surface area contributed by atoms with E-state index in [2.05, 4.69) is 36.1 Å². The summed E-state index contributed by atoms with van der Waals surface area (Å²) in [7, 11) is 0. The van der Waals surface area contributed by atoms with Gasteiger partial charge >= 0.3 is 0 Å². The summed E-state index contributed by atoms with van der Waals surface area (Å²) >= 11 is 0. The van der Waals surface area contributed by atoms with Gasteiger partial charge in [0.2, 0.25) is 5.88 Å². The fourth-order valence-electron chi connectivity index (χ4n) is 4.10. The second kappa shape index (κ2) is 4.58. The number of oxime groups is 1. The maximum Gasteiger partial charge on any atom is 0.244 e. The van der Waals surface area contributed by atoms with Crippen LogP contribution in [0.15, 0.2) is 17.4 Å². The number of rotatable bonds is 3. The Hall–Kier alpha value is -1.85. The average Bonchev–Trinajstić information content (AvgIpc) is 2.80. The van der Waals surface area contributed by atoms with Gasteiger partial charge in [0.05, 0.1) is 11.8 Å². The largest absolute Gasteiger partial charge is 0.472 e. The molecule has 6 nitrogen and oxygen atoms in total. The summed E-state index contributed by atoms with van der Waals surface area (Å²) in [6.07, 6.45) is 5.04.